The molecule has 0 radical (unpaired) electrons. The predicted molar refractivity (Wildman–Crippen MR) is 109 cm³/mol. The van der Waals surface area contributed by atoms with Gasteiger partial charge in [-0.2, -0.15) is 4.31 Å². The fraction of sp³-hybridized carbons (Fsp3) is 0.500. The highest BCUT2D eigenvalue weighted by molar-refractivity contribution is 7.89. The number of nitrogens with zero attached hydrogens (tertiary/aromatic N) is 4. The van der Waals surface area contributed by atoms with Crippen LogP contribution in [0.3, 0.4) is 0 Å². The van der Waals surface area contributed by atoms with E-state index in [9.17, 15) is 12.8 Å². The Hall–Kier alpha value is -2.06. The van der Waals surface area contributed by atoms with Crippen molar-refractivity contribution < 1.29 is 12.8 Å². The number of aryl methyl sites for hydroxylation is 2. The molecule has 0 unspecified atom stereocenters. The summed E-state index contributed by atoms with van der Waals surface area (Å²) in [4.78, 5) is 11.2. The molecule has 0 spiro atoms. The van der Waals surface area contributed by atoms with E-state index in [1.807, 2.05) is 26.8 Å². The van der Waals surface area contributed by atoms with E-state index in [4.69, 9.17) is 0 Å². The van der Waals surface area contributed by atoms with Crippen LogP contribution in [0.15, 0.2) is 24.3 Å². The molecule has 0 saturated carbocycles. The van der Waals surface area contributed by atoms with Crippen LogP contribution < -0.4 is 4.90 Å². The van der Waals surface area contributed by atoms with Crippen LogP contribution in [0.5, 0.6) is 0 Å². The summed E-state index contributed by atoms with van der Waals surface area (Å²) in [5, 5.41) is 0. The second-order valence-electron chi connectivity index (χ2n) is 7.13. The van der Waals surface area contributed by atoms with Gasteiger partial charge in [0.05, 0.1) is 5.75 Å². The van der Waals surface area contributed by atoms with E-state index in [1.165, 1.54) is 6.07 Å². The number of aromatic nitrogens is 2. The first kappa shape index (κ1) is 20.7. The lowest BCUT2D eigenvalue weighted by Crippen LogP contribution is -2.49. The standard InChI is InChI=1S/C20H27FN4O2S/c1-4-13-28(26,27)25-11-9-24(10-12-25)20-18(15(2)22-16(3)23-20)14-17-7-5-6-8-19(17)21/h5-8H,4,9-14H2,1-3H3. The third-order valence-corrected chi connectivity index (χ3v) is 7.10. The van der Waals surface area contributed by atoms with E-state index in [-0.39, 0.29) is 11.6 Å². The SMILES string of the molecule is CCCS(=O)(=O)N1CCN(c2nc(C)nc(C)c2Cc2ccccc2F)CC1. The zero-order valence-electron chi connectivity index (χ0n) is 16.7. The number of rotatable bonds is 6. The molecule has 2 heterocycles. The van der Waals surface area contributed by atoms with Gasteiger partial charge >= 0.3 is 0 Å². The Morgan fingerprint density at radius 3 is 2.39 bits per heavy atom. The first-order valence-electron chi connectivity index (χ1n) is 9.62. The summed E-state index contributed by atoms with van der Waals surface area (Å²) in [6.07, 6.45) is 1.02. The summed E-state index contributed by atoms with van der Waals surface area (Å²) in [6, 6.07) is 6.72. The number of piperazine rings is 1. The van der Waals surface area contributed by atoms with Crippen LogP contribution in [0, 0.1) is 19.7 Å². The van der Waals surface area contributed by atoms with Crippen molar-refractivity contribution in [1.29, 1.82) is 0 Å². The zero-order chi connectivity index (χ0) is 20.3. The van der Waals surface area contributed by atoms with Gasteiger partial charge < -0.3 is 4.90 Å². The second-order valence-corrected chi connectivity index (χ2v) is 9.22. The van der Waals surface area contributed by atoms with Gasteiger partial charge in [0.2, 0.25) is 10.0 Å². The van der Waals surface area contributed by atoms with Crippen LogP contribution in [-0.2, 0) is 16.4 Å². The van der Waals surface area contributed by atoms with E-state index < -0.39 is 10.0 Å². The molecule has 0 atom stereocenters. The molecule has 2 aromatic rings. The van der Waals surface area contributed by atoms with Crippen LogP contribution in [0.4, 0.5) is 10.2 Å². The normalized spacial score (nSPS) is 15.8. The molecular weight excluding hydrogens is 379 g/mol. The zero-order valence-corrected chi connectivity index (χ0v) is 17.5. The summed E-state index contributed by atoms with van der Waals surface area (Å²) < 4.78 is 40.4. The fourth-order valence-electron chi connectivity index (χ4n) is 3.58. The van der Waals surface area contributed by atoms with Crippen molar-refractivity contribution in [2.24, 2.45) is 0 Å². The van der Waals surface area contributed by atoms with Crippen molar-refractivity contribution in [2.75, 3.05) is 36.8 Å². The molecule has 8 heteroatoms. The maximum atomic E-state index is 14.2. The summed E-state index contributed by atoms with van der Waals surface area (Å²) in [5.41, 5.74) is 2.32. The Bertz CT molecular complexity index is 941. The minimum Gasteiger partial charge on any atom is -0.354 e. The van der Waals surface area contributed by atoms with Crippen LogP contribution in [0.25, 0.3) is 0 Å². The number of benzene rings is 1. The van der Waals surface area contributed by atoms with Crippen LogP contribution >= 0.6 is 0 Å². The van der Waals surface area contributed by atoms with Gasteiger partial charge in [-0.05, 0) is 31.9 Å². The van der Waals surface area contributed by atoms with Gasteiger partial charge in [0.25, 0.3) is 0 Å². The number of hydrogen-bond acceptors (Lipinski definition) is 5. The molecule has 1 saturated heterocycles. The molecule has 3 rings (SSSR count). The Kier molecular flexibility index (Phi) is 6.30. The van der Waals surface area contributed by atoms with E-state index >= 15 is 0 Å². The summed E-state index contributed by atoms with van der Waals surface area (Å²) in [5.74, 6) is 1.37. The average molecular weight is 407 g/mol. The van der Waals surface area contributed by atoms with Crippen LogP contribution in [0.1, 0.15) is 36.0 Å². The van der Waals surface area contributed by atoms with Crippen molar-refractivity contribution in [3.05, 3.63) is 52.7 Å². The predicted octanol–water partition coefficient (Wildman–Crippen LogP) is 2.69. The summed E-state index contributed by atoms with van der Waals surface area (Å²) >= 11 is 0. The van der Waals surface area contributed by atoms with Gasteiger partial charge in [-0.1, -0.05) is 25.1 Å². The van der Waals surface area contributed by atoms with Crippen molar-refractivity contribution >= 4 is 15.8 Å². The number of halogens is 1. The summed E-state index contributed by atoms with van der Waals surface area (Å²) in [6.45, 7) is 7.61. The largest absolute Gasteiger partial charge is 0.354 e. The highest BCUT2D eigenvalue weighted by atomic mass is 32.2. The molecule has 1 aliphatic rings. The van der Waals surface area contributed by atoms with E-state index in [1.54, 1.807) is 16.4 Å². The number of sulfonamides is 1. The molecule has 1 aromatic heterocycles. The van der Waals surface area contributed by atoms with Gasteiger partial charge in [-0.3, -0.25) is 0 Å². The molecule has 0 N–H and O–H groups in total. The molecule has 28 heavy (non-hydrogen) atoms. The van der Waals surface area contributed by atoms with Gasteiger partial charge in [0, 0.05) is 43.9 Å². The van der Waals surface area contributed by atoms with Gasteiger partial charge in [0.1, 0.15) is 17.5 Å². The Labute approximate surface area is 166 Å². The third-order valence-electron chi connectivity index (χ3n) is 5.02. The van der Waals surface area contributed by atoms with Crippen LogP contribution in [-0.4, -0.2) is 54.6 Å². The highest BCUT2D eigenvalue weighted by Gasteiger charge is 2.28. The molecule has 0 aliphatic carbocycles. The summed E-state index contributed by atoms with van der Waals surface area (Å²) in [7, 11) is -3.20. The third kappa shape index (κ3) is 4.50. The van der Waals surface area contributed by atoms with Crippen molar-refractivity contribution in [3.63, 3.8) is 0 Å². The Morgan fingerprint density at radius 2 is 1.75 bits per heavy atom. The number of anilines is 1. The lowest BCUT2D eigenvalue weighted by molar-refractivity contribution is 0.383. The van der Waals surface area contributed by atoms with E-state index in [0.29, 0.717) is 50.4 Å². The molecular formula is C20H27FN4O2S. The Balaban J connectivity index is 1.86. The molecule has 1 aromatic carbocycles. The lowest BCUT2D eigenvalue weighted by atomic mass is 10.0. The molecule has 1 aliphatic heterocycles. The van der Waals surface area contributed by atoms with Crippen molar-refractivity contribution in [1.82, 2.24) is 14.3 Å². The van der Waals surface area contributed by atoms with Crippen molar-refractivity contribution in [2.45, 2.75) is 33.6 Å². The molecule has 6 nitrogen and oxygen atoms in total. The number of hydrogen-bond donors (Lipinski definition) is 0. The Morgan fingerprint density at radius 1 is 1.07 bits per heavy atom. The average Bonchev–Trinajstić information content (AvgIpc) is 2.65. The molecule has 0 bridgehead atoms. The highest BCUT2D eigenvalue weighted by Crippen LogP contribution is 2.26. The molecule has 1 fully saturated rings. The van der Waals surface area contributed by atoms with Crippen LogP contribution in [0.2, 0.25) is 0 Å². The van der Waals surface area contributed by atoms with Gasteiger partial charge in [-0.25, -0.2) is 22.8 Å². The van der Waals surface area contributed by atoms with E-state index in [0.717, 1.165) is 17.1 Å². The molecule has 0 amide bonds. The smallest absolute Gasteiger partial charge is 0.214 e. The maximum Gasteiger partial charge on any atom is 0.214 e. The second kappa shape index (κ2) is 8.53. The first-order valence-corrected chi connectivity index (χ1v) is 11.2. The molecule has 152 valence electrons. The lowest BCUT2D eigenvalue weighted by Gasteiger charge is -2.35. The van der Waals surface area contributed by atoms with E-state index in [2.05, 4.69) is 14.9 Å². The first-order chi connectivity index (χ1) is 13.3. The minimum atomic E-state index is -3.20. The van der Waals surface area contributed by atoms with Crippen molar-refractivity contribution in [3.8, 4) is 0 Å². The maximum absolute atomic E-state index is 14.2. The quantitative estimate of drug-likeness (QED) is 0.738. The van der Waals surface area contributed by atoms with Gasteiger partial charge in [-0.15, -0.1) is 0 Å². The monoisotopic (exact) mass is 406 g/mol. The van der Waals surface area contributed by atoms with Gasteiger partial charge in [0.15, 0.2) is 0 Å². The topological polar surface area (TPSA) is 66.4 Å². The fourth-order valence-corrected chi connectivity index (χ4v) is 5.08. The minimum absolute atomic E-state index is 0.178.